The smallest absolute Gasteiger partial charge is 0.124 e. The molecule has 98 valence electrons. The molecule has 1 fully saturated rings. The van der Waals surface area contributed by atoms with Gasteiger partial charge >= 0.3 is 0 Å². The highest BCUT2D eigenvalue weighted by molar-refractivity contribution is 9.10. The van der Waals surface area contributed by atoms with Gasteiger partial charge in [-0.25, -0.2) is 4.39 Å². The highest BCUT2D eigenvalue weighted by Crippen LogP contribution is 2.20. The first kappa shape index (κ1) is 13.8. The molecule has 0 radical (unpaired) electrons. The molecule has 18 heavy (non-hydrogen) atoms. The SMILES string of the molecule is C/C(=C/c1cc(F)cc(Br)c1)CC1CCCCN1. The predicted molar refractivity (Wildman–Crippen MR) is 78.0 cm³/mol. The molecule has 1 saturated heterocycles. The number of halogens is 2. The van der Waals surface area contributed by atoms with Crippen LogP contribution in [0.15, 0.2) is 28.2 Å². The average molecular weight is 312 g/mol. The first-order valence-corrected chi connectivity index (χ1v) is 7.29. The summed E-state index contributed by atoms with van der Waals surface area (Å²) in [5.74, 6) is -0.195. The Balaban J connectivity index is 2.02. The minimum atomic E-state index is -0.195. The minimum absolute atomic E-state index is 0.195. The van der Waals surface area contributed by atoms with E-state index >= 15 is 0 Å². The van der Waals surface area contributed by atoms with Gasteiger partial charge in [0, 0.05) is 10.5 Å². The lowest BCUT2D eigenvalue weighted by atomic mass is 9.97. The van der Waals surface area contributed by atoms with Gasteiger partial charge in [-0.3, -0.25) is 0 Å². The molecule has 2 rings (SSSR count). The summed E-state index contributed by atoms with van der Waals surface area (Å²) in [6.07, 6.45) is 6.98. The van der Waals surface area contributed by atoms with Crippen molar-refractivity contribution < 1.29 is 4.39 Å². The minimum Gasteiger partial charge on any atom is -0.314 e. The molecule has 1 aromatic rings. The van der Waals surface area contributed by atoms with Gasteiger partial charge in [0.1, 0.15) is 5.82 Å². The summed E-state index contributed by atoms with van der Waals surface area (Å²) in [5.41, 5.74) is 2.22. The van der Waals surface area contributed by atoms with Crippen molar-refractivity contribution in [1.29, 1.82) is 0 Å². The van der Waals surface area contributed by atoms with Crippen LogP contribution >= 0.6 is 15.9 Å². The molecule has 0 aliphatic carbocycles. The van der Waals surface area contributed by atoms with E-state index in [1.165, 1.54) is 30.9 Å². The van der Waals surface area contributed by atoms with Crippen LogP contribution in [0.4, 0.5) is 4.39 Å². The Labute approximate surface area is 117 Å². The third kappa shape index (κ3) is 4.21. The van der Waals surface area contributed by atoms with Gasteiger partial charge in [-0.05, 0) is 56.5 Å². The summed E-state index contributed by atoms with van der Waals surface area (Å²) in [6, 6.07) is 5.59. The van der Waals surface area contributed by atoms with E-state index in [0.717, 1.165) is 23.0 Å². The molecule has 0 amide bonds. The molecule has 0 saturated carbocycles. The van der Waals surface area contributed by atoms with Gasteiger partial charge in [0.15, 0.2) is 0 Å². The second-order valence-electron chi connectivity index (χ2n) is 5.04. The van der Waals surface area contributed by atoms with Crippen LogP contribution in [0.3, 0.4) is 0 Å². The molecule has 0 bridgehead atoms. The Kier molecular flexibility index (Phi) is 4.95. The maximum atomic E-state index is 13.3. The standard InChI is InChI=1S/C15H19BrFN/c1-11(7-15-4-2-3-5-18-15)6-12-8-13(16)10-14(17)9-12/h6,8-10,15,18H,2-5,7H2,1H3/b11-6-. The predicted octanol–water partition coefficient (Wildman–Crippen LogP) is 4.52. The third-order valence-electron chi connectivity index (χ3n) is 3.28. The third-order valence-corrected chi connectivity index (χ3v) is 3.74. The zero-order valence-corrected chi connectivity index (χ0v) is 12.3. The van der Waals surface area contributed by atoms with Crippen molar-refractivity contribution in [3.63, 3.8) is 0 Å². The number of hydrogen-bond donors (Lipinski definition) is 1. The highest BCUT2D eigenvalue weighted by Gasteiger charge is 2.12. The van der Waals surface area contributed by atoms with E-state index in [-0.39, 0.29) is 5.82 Å². The lowest BCUT2D eigenvalue weighted by molar-refractivity contribution is 0.399. The number of benzene rings is 1. The molecule has 1 atom stereocenters. The topological polar surface area (TPSA) is 12.0 Å². The molecule has 1 nitrogen and oxygen atoms in total. The Morgan fingerprint density at radius 3 is 2.94 bits per heavy atom. The average Bonchev–Trinajstić information content (AvgIpc) is 2.28. The summed E-state index contributed by atoms with van der Waals surface area (Å²) in [5, 5.41) is 3.53. The van der Waals surface area contributed by atoms with Gasteiger partial charge in [0.2, 0.25) is 0 Å². The molecular formula is C15H19BrFN. The Hall–Kier alpha value is -0.670. The number of nitrogens with one attached hydrogen (secondary N) is 1. The quantitative estimate of drug-likeness (QED) is 0.865. The maximum absolute atomic E-state index is 13.3. The van der Waals surface area contributed by atoms with Gasteiger partial charge in [0.25, 0.3) is 0 Å². The summed E-state index contributed by atoms with van der Waals surface area (Å²) >= 11 is 3.32. The normalized spacial score (nSPS) is 21.1. The summed E-state index contributed by atoms with van der Waals surface area (Å²) in [6.45, 7) is 3.25. The van der Waals surface area contributed by atoms with E-state index in [1.54, 1.807) is 6.07 Å². The summed E-state index contributed by atoms with van der Waals surface area (Å²) in [4.78, 5) is 0. The molecule has 1 unspecified atom stereocenters. The first-order chi connectivity index (χ1) is 8.63. The number of hydrogen-bond acceptors (Lipinski definition) is 1. The molecule has 1 N–H and O–H groups in total. The molecule has 3 heteroatoms. The van der Waals surface area contributed by atoms with Crippen LogP contribution in [0.5, 0.6) is 0 Å². The second kappa shape index (κ2) is 6.48. The van der Waals surface area contributed by atoms with Crippen LogP contribution in [-0.4, -0.2) is 12.6 Å². The van der Waals surface area contributed by atoms with Crippen LogP contribution in [0.2, 0.25) is 0 Å². The largest absolute Gasteiger partial charge is 0.314 e. The van der Waals surface area contributed by atoms with Gasteiger partial charge in [0.05, 0.1) is 0 Å². The molecule has 0 aromatic heterocycles. The van der Waals surface area contributed by atoms with Crippen LogP contribution in [0, 0.1) is 5.82 Å². The van der Waals surface area contributed by atoms with Gasteiger partial charge in [-0.1, -0.05) is 34.0 Å². The van der Waals surface area contributed by atoms with Crippen LogP contribution in [-0.2, 0) is 0 Å². The van der Waals surface area contributed by atoms with Gasteiger partial charge in [-0.15, -0.1) is 0 Å². The molecule has 1 aliphatic rings. The van der Waals surface area contributed by atoms with E-state index in [4.69, 9.17) is 0 Å². The van der Waals surface area contributed by atoms with Crippen molar-refractivity contribution >= 4 is 22.0 Å². The second-order valence-corrected chi connectivity index (χ2v) is 5.96. The van der Waals surface area contributed by atoms with Crippen molar-refractivity contribution in [3.8, 4) is 0 Å². The van der Waals surface area contributed by atoms with E-state index in [2.05, 4.69) is 34.2 Å². The summed E-state index contributed by atoms with van der Waals surface area (Å²) in [7, 11) is 0. The van der Waals surface area contributed by atoms with E-state index in [1.807, 2.05) is 6.07 Å². The lowest BCUT2D eigenvalue weighted by Crippen LogP contribution is -2.33. The molecule has 1 heterocycles. The molecular weight excluding hydrogens is 293 g/mol. The fraction of sp³-hybridized carbons (Fsp3) is 0.467. The van der Waals surface area contributed by atoms with Crippen molar-refractivity contribution in [2.45, 2.75) is 38.6 Å². The number of piperidine rings is 1. The highest BCUT2D eigenvalue weighted by atomic mass is 79.9. The zero-order valence-electron chi connectivity index (χ0n) is 10.7. The van der Waals surface area contributed by atoms with Gasteiger partial charge in [-0.2, -0.15) is 0 Å². The van der Waals surface area contributed by atoms with E-state index < -0.39 is 0 Å². The van der Waals surface area contributed by atoms with E-state index in [0.29, 0.717) is 6.04 Å². The van der Waals surface area contributed by atoms with Crippen molar-refractivity contribution in [2.24, 2.45) is 0 Å². The Morgan fingerprint density at radius 1 is 1.44 bits per heavy atom. The lowest BCUT2D eigenvalue weighted by Gasteiger charge is -2.23. The molecule has 0 spiro atoms. The number of rotatable bonds is 3. The summed E-state index contributed by atoms with van der Waals surface area (Å²) < 4.78 is 14.1. The van der Waals surface area contributed by atoms with Gasteiger partial charge < -0.3 is 5.32 Å². The van der Waals surface area contributed by atoms with Crippen molar-refractivity contribution in [1.82, 2.24) is 5.32 Å². The fourth-order valence-corrected chi connectivity index (χ4v) is 2.97. The fourth-order valence-electron chi connectivity index (χ4n) is 2.49. The van der Waals surface area contributed by atoms with Crippen LogP contribution in [0.25, 0.3) is 6.08 Å². The van der Waals surface area contributed by atoms with Crippen molar-refractivity contribution in [3.05, 3.63) is 39.6 Å². The molecule has 1 aromatic carbocycles. The first-order valence-electron chi connectivity index (χ1n) is 6.50. The molecule has 1 aliphatic heterocycles. The van der Waals surface area contributed by atoms with Crippen molar-refractivity contribution in [2.75, 3.05) is 6.54 Å². The Morgan fingerprint density at radius 2 is 2.28 bits per heavy atom. The van der Waals surface area contributed by atoms with Crippen LogP contribution < -0.4 is 5.32 Å². The zero-order chi connectivity index (χ0) is 13.0. The Bertz CT molecular complexity index is 416. The van der Waals surface area contributed by atoms with Crippen LogP contribution in [0.1, 0.15) is 38.2 Å². The van der Waals surface area contributed by atoms with E-state index in [9.17, 15) is 4.39 Å². The monoisotopic (exact) mass is 311 g/mol. The maximum Gasteiger partial charge on any atom is 0.124 e.